The van der Waals surface area contributed by atoms with Gasteiger partial charge in [0.1, 0.15) is 17.5 Å². The fourth-order valence-corrected chi connectivity index (χ4v) is 2.42. The second kappa shape index (κ2) is 6.28. The van der Waals surface area contributed by atoms with Gasteiger partial charge in [-0.2, -0.15) is 5.10 Å². The van der Waals surface area contributed by atoms with E-state index in [4.69, 9.17) is 9.15 Å². The van der Waals surface area contributed by atoms with E-state index in [2.05, 4.69) is 15.4 Å². The molecular formula is C15H17N5O4. The molecule has 0 aliphatic heterocycles. The lowest BCUT2D eigenvalue weighted by molar-refractivity contribution is 0.102. The molecule has 0 spiro atoms. The van der Waals surface area contributed by atoms with E-state index in [1.165, 1.54) is 10.9 Å². The highest BCUT2D eigenvalue weighted by Gasteiger charge is 2.23. The first-order valence-electron chi connectivity index (χ1n) is 7.29. The summed E-state index contributed by atoms with van der Waals surface area (Å²) in [6.07, 6.45) is 3.09. The summed E-state index contributed by atoms with van der Waals surface area (Å²) in [7, 11) is 3.29. The topological polar surface area (TPSA) is 104 Å². The fraction of sp³-hybridized carbons (Fsp3) is 0.333. The number of nitrogens with zero attached hydrogens (tertiary/aromatic N) is 4. The fourth-order valence-electron chi connectivity index (χ4n) is 2.42. The van der Waals surface area contributed by atoms with Gasteiger partial charge < -0.3 is 14.5 Å². The maximum Gasteiger partial charge on any atom is 0.265 e. The quantitative estimate of drug-likeness (QED) is 0.746. The van der Waals surface area contributed by atoms with Crippen LogP contribution in [0.3, 0.4) is 0 Å². The second-order valence-electron chi connectivity index (χ2n) is 5.28. The van der Waals surface area contributed by atoms with E-state index >= 15 is 0 Å². The Morgan fingerprint density at radius 3 is 2.92 bits per heavy atom. The van der Waals surface area contributed by atoms with Crippen molar-refractivity contribution in [1.82, 2.24) is 19.3 Å². The summed E-state index contributed by atoms with van der Waals surface area (Å²) < 4.78 is 13.4. The third kappa shape index (κ3) is 2.81. The number of anilines is 1. The summed E-state index contributed by atoms with van der Waals surface area (Å²) in [4.78, 5) is 29.3. The van der Waals surface area contributed by atoms with Crippen molar-refractivity contribution in [2.24, 2.45) is 7.05 Å². The van der Waals surface area contributed by atoms with Crippen molar-refractivity contribution >= 4 is 22.8 Å². The summed E-state index contributed by atoms with van der Waals surface area (Å²) in [5, 5.41) is 6.90. The lowest BCUT2D eigenvalue weighted by Crippen LogP contribution is -2.24. The van der Waals surface area contributed by atoms with Crippen molar-refractivity contribution in [3.05, 3.63) is 40.3 Å². The number of hydrogen-bond donors (Lipinski definition) is 1. The molecule has 3 aromatic heterocycles. The van der Waals surface area contributed by atoms with Gasteiger partial charge in [-0.15, -0.1) is 0 Å². The Morgan fingerprint density at radius 2 is 2.25 bits per heavy atom. The number of nitrogens with one attached hydrogen (secondary N) is 1. The van der Waals surface area contributed by atoms with E-state index in [9.17, 15) is 9.59 Å². The van der Waals surface area contributed by atoms with Crippen LogP contribution in [0.1, 0.15) is 16.1 Å². The van der Waals surface area contributed by atoms with E-state index in [0.717, 1.165) is 0 Å². The van der Waals surface area contributed by atoms with Gasteiger partial charge in [-0.25, -0.2) is 4.98 Å². The van der Waals surface area contributed by atoms with Crippen LogP contribution >= 0.6 is 0 Å². The van der Waals surface area contributed by atoms with E-state index in [1.807, 2.05) is 0 Å². The Morgan fingerprint density at radius 1 is 1.46 bits per heavy atom. The lowest BCUT2D eigenvalue weighted by atomic mass is 10.2. The van der Waals surface area contributed by atoms with Gasteiger partial charge >= 0.3 is 0 Å². The SMILES string of the molecule is COCCn1cnc2oc(C)c(C(=O)Nc3ccn(C)n3)c2c1=O. The molecule has 0 saturated heterocycles. The number of rotatable bonds is 5. The van der Waals surface area contributed by atoms with Crippen molar-refractivity contribution in [2.45, 2.75) is 13.5 Å². The van der Waals surface area contributed by atoms with Crippen LogP contribution in [0.15, 0.2) is 27.8 Å². The third-order valence-electron chi connectivity index (χ3n) is 3.57. The molecule has 0 aliphatic carbocycles. The highest BCUT2D eigenvalue weighted by atomic mass is 16.5. The molecule has 1 N–H and O–H groups in total. The maximum absolute atomic E-state index is 12.6. The van der Waals surface area contributed by atoms with Crippen molar-refractivity contribution in [1.29, 1.82) is 0 Å². The molecular weight excluding hydrogens is 314 g/mol. The van der Waals surface area contributed by atoms with E-state index in [-0.39, 0.29) is 22.2 Å². The normalized spacial score (nSPS) is 11.1. The summed E-state index contributed by atoms with van der Waals surface area (Å²) in [5.74, 6) is 0.251. The van der Waals surface area contributed by atoms with Crippen LogP contribution < -0.4 is 10.9 Å². The molecule has 24 heavy (non-hydrogen) atoms. The summed E-state index contributed by atoms with van der Waals surface area (Å²) in [6.45, 7) is 2.32. The summed E-state index contributed by atoms with van der Waals surface area (Å²) in [5.41, 5.74) is -0.0441. The minimum absolute atomic E-state index is 0.136. The van der Waals surface area contributed by atoms with Gasteiger partial charge in [0.2, 0.25) is 5.71 Å². The Balaban J connectivity index is 2.04. The highest BCUT2D eigenvalue weighted by Crippen LogP contribution is 2.21. The largest absolute Gasteiger partial charge is 0.442 e. The molecule has 0 aromatic carbocycles. The lowest BCUT2D eigenvalue weighted by Gasteiger charge is -2.04. The Bertz CT molecular complexity index is 953. The van der Waals surface area contributed by atoms with Gasteiger partial charge in [-0.3, -0.25) is 18.8 Å². The molecule has 1 amide bonds. The van der Waals surface area contributed by atoms with Gasteiger partial charge in [0.25, 0.3) is 11.5 Å². The van der Waals surface area contributed by atoms with Crippen molar-refractivity contribution < 1.29 is 13.9 Å². The van der Waals surface area contributed by atoms with Gasteiger partial charge in [0.05, 0.1) is 18.7 Å². The molecule has 0 aliphatic rings. The van der Waals surface area contributed by atoms with Crippen LogP contribution in [-0.2, 0) is 18.3 Å². The number of hydrogen-bond acceptors (Lipinski definition) is 6. The number of ether oxygens (including phenoxy) is 1. The minimum Gasteiger partial charge on any atom is -0.442 e. The Labute approximate surface area is 136 Å². The van der Waals surface area contributed by atoms with Crippen LogP contribution in [-0.4, -0.2) is 39.0 Å². The van der Waals surface area contributed by atoms with Gasteiger partial charge in [-0.05, 0) is 6.92 Å². The zero-order valence-electron chi connectivity index (χ0n) is 13.6. The number of furan rings is 1. The van der Waals surface area contributed by atoms with Crippen molar-refractivity contribution in [3.63, 3.8) is 0 Å². The Hall–Kier alpha value is -2.94. The monoisotopic (exact) mass is 331 g/mol. The number of carbonyl (C=O) groups is 1. The Kier molecular flexibility index (Phi) is 4.17. The van der Waals surface area contributed by atoms with Gasteiger partial charge in [0.15, 0.2) is 5.82 Å². The highest BCUT2D eigenvalue weighted by molar-refractivity contribution is 6.12. The smallest absolute Gasteiger partial charge is 0.265 e. The summed E-state index contributed by atoms with van der Waals surface area (Å²) >= 11 is 0. The molecule has 126 valence electrons. The molecule has 3 rings (SSSR count). The minimum atomic E-state index is -0.464. The standard InChI is InChI=1S/C15H17N5O4/c1-9-11(13(21)17-10-4-5-19(2)18-10)12-14(24-9)16-8-20(15(12)22)6-7-23-3/h4-5,8H,6-7H2,1-3H3,(H,17,18,21). The van der Waals surface area contributed by atoms with E-state index in [0.29, 0.717) is 24.7 Å². The number of amides is 1. The van der Waals surface area contributed by atoms with Crippen LogP contribution in [0.5, 0.6) is 0 Å². The summed E-state index contributed by atoms with van der Waals surface area (Å²) in [6, 6.07) is 1.66. The first-order valence-corrected chi connectivity index (χ1v) is 7.29. The first-order chi connectivity index (χ1) is 11.5. The first kappa shape index (κ1) is 15.9. The molecule has 0 bridgehead atoms. The third-order valence-corrected chi connectivity index (χ3v) is 3.57. The van der Waals surface area contributed by atoms with Crippen LogP contribution in [0.25, 0.3) is 11.1 Å². The molecule has 0 saturated carbocycles. The van der Waals surface area contributed by atoms with Crippen LogP contribution in [0, 0.1) is 6.92 Å². The molecule has 3 heterocycles. The average Bonchev–Trinajstić information content (AvgIpc) is 3.09. The van der Waals surface area contributed by atoms with Crippen molar-refractivity contribution in [3.8, 4) is 0 Å². The van der Waals surface area contributed by atoms with E-state index in [1.54, 1.807) is 38.0 Å². The number of aromatic nitrogens is 4. The predicted octanol–water partition coefficient (Wildman–Crippen LogP) is 0.930. The number of methoxy groups -OCH3 is 1. The van der Waals surface area contributed by atoms with E-state index < -0.39 is 5.91 Å². The molecule has 0 unspecified atom stereocenters. The van der Waals surface area contributed by atoms with Crippen molar-refractivity contribution in [2.75, 3.05) is 19.0 Å². The molecule has 0 radical (unpaired) electrons. The van der Waals surface area contributed by atoms with Crippen LogP contribution in [0.2, 0.25) is 0 Å². The molecule has 0 fully saturated rings. The number of carbonyl (C=O) groups excluding carboxylic acids is 1. The zero-order chi connectivity index (χ0) is 17.3. The molecule has 0 atom stereocenters. The maximum atomic E-state index is 12.6. The molecule has 9 nitrogen and oxygen atoms in total. The second-order valence-corrected chi connectivity index (χ2v) is 5.28. The predicted molar refractivity (Wildman–Crippen MR) is 86.0 cm³/mol. The van der Waals surface area contributed by atoms with Crippen LogP contribution in [0.4, 0.5) is 5.82 Å². The number of fused-ring (bicyclic) bond motifs is 1. The average molecular weight is 331 g/mol. The van der Waals surface area contributed by atoms with Gasteiger partial charge in [-0.1, -0.05) is 0 Å². The van der Waals surface area contributed by atoms with Gasteiger partial charge in [0, 0.05) is 26.4 Å². The molecule has 3 aromatic rings. The zero-order valence-corrected chi connectivity index (χ0v) is 13.6. The number of aryl methyl sites for hydroxylation is 2. The molecule has 9 heteroatoms.